The fourth-order valence-corrected chi connectivity index (χ4v) is 2.45. The predicted octanol–water partition coefficient (Wildman–Crippen LogP) is 2.51. The van der Waals surface area contributed by atoms with E-state index in [1.54, 1.807) is 0 Å². The smallest absolute Gasteiger partial charge is 0.0167 e. The Bertz CT molecular complexity index is 315. The first-order valence-electron chi connectivity index (χ1n) is 6.26. The van der Waals surface area contributed by atoms with Crippen LogP contribution in [-0.4, -0.2) is 37.1 Å². The molecule has 1 heterocycles. The summed E-state index contributed by atoms with van der Waals surface area (Å²) in [4.78, 5) is 2.57. The molecule has 1 saturated heterocycles. The van der Waals surface area contributed by atoms with Crippen molar-refractivity contribution in [3.05, 3.63) is 35.9 Å². The van der Waals surface area contributed by atoms with Gasteiger partial charge in [0, 0.05) is 32.2 Å². The first kappa shape index (κ1) is 14.5. The molecule has 96 valence electrons. The Morgan fingerprint density at radius 1 is 1.35 bits per heavy atom. The Balaban J connectivity index is 0.00000144. The molecule has 1 aliphatic heterocycles. The van der Waals surface area contributed by atoms with Crippen molar-refractivity contribution in [1.29, 1.82) is 0 Å². The third-order valence-corrected chi connectivity index (χ3v) is 3.35. The van der Waals surface area contributed by atoms with Gasteiger partial charge in [0.2, 0.25) is 0 Å². The normalized spacial score (nSPS) is 22.8. The lowest BCUT2D eigenvalue weighted by Crippen LogP contribution is -2.49. The van der Waals surface area contributed by atoms with Crippen LogP contribution in [0.5, 0.6) is 0 Å². The topological polar surface area (TPSA) is 15.3 Å². The molecule has 2 unspecified atom stereocenters. The summed E-state index contributed by atoms with van der Waals surface area (Å²) in [6, 6.07) is 11.4. The Labute approximate surface area is 111 Å². The van der Waals surface area contributed by atoms with Gasteiger partial charge in [-0.05, 0) is 18.4 Å². The predicted molar refractivity (Wildman–Crippen MR) is 76.0 cm³/mol. The number of nitrogens with one attached hydrogen (secondary N) is 1. The number of hydrogen-bond acceptors (Lipinski definition) is 2. The minimum atomic E-state index is 0. The molecule has 0 aliphatic carbocycles. The fraction of sp³-hybridized carbons (Fsp3) is 0.571. The molecule has 1 aromatic rings. The summed E-state index contributed by atoms with van der Waals surface area (Å²) < 4.78 is 0. The number of halogens is 1. The average Bonchev–Trinajstić information content (AvgIpc) is 2.30. The van der Waals surface area contributed by atoms with E-state index in [2.05, 4.69) is 54.4 Å². The maximum Gasteiger partial charge on any atom is 0.0167 e. The van der Waals surface area contributed by atoms with Crippen molar-refractivity contribution in [2.24, 2.45) is 0 Å². The number of hydrogen-bond donors (Lipinski definition) is 1. The monoisotopic (exact) mass is 254 g/mol. The molecule has 3 heteroatoms. The van der Waals surface area contributed by atoms with Crippen LogP contribution in [0, 0.1) is 0 Å². The van der Waals surface area contributed by atoms with E-state index in [4.69, 9.17) is 0 Å². The van der Waals surface area contributed by atoms with Gasteiger partial charge in [-0.2, -0.15) is 0 Å². The van der Waals surface area contributed by atoms with E-state index in [9.17, 15) is 0 Å². The lowest BCUT2D eigenvalue weighted by atomic mass is 10.0. The van der Waals surface area contributed by atoms with Crippen LogP contribution in [0.2, 0.25) is 0 Å². The molecule has 0 saturated carbocycles. The second-order valence-corrected chi connectivity index (χ2v) is 4.93. The van der Waals surface area contributed by atoms with Gasteiger partial charge >= 0.3 is 0 Å². The molecule has 2 atom stereocenters. The van der Waals surface area contributed by atoms with Crippen LogP contribution in [0.1, 0.15) is 25.3 Å². The van der Waals surface area contributed by atoms with Crippen molar-refractivity contribution in [3.63, 3.8) is 0 Å². The summed E-state index contributed by atoms with van der Waals surface area (Å²) in [5.74, 6) is 0.631. The number of nitrogens with zero attached hydrogens (tertiary/aromatic N) is 1. The first-order valence-corrected chi connectivity index (χ1v) is 6.26. The first-order chi connectivity index (χ1) is 7.75. The lowest BCUT2D eigenvalue weighted by Gasteiger charge is -2.33. The van der Waals surface area contributed by atoms with E-state index in [1.165, 1.54) is 25.2 Å². The van der Waals surface area contributed by atoms with Crippen molar-refractivity contribution in [1.82, 2.24) is 10.2 Å². The molecule has 1 fully saturated rings. The molecule has 0 bridgehead atoms. The largest absolute Gasteiger partial charge is 0.312 e. The Morgan fingerprint density at radius 2 is 2.06 bits per heavy atom. The highest BCUT2D eigenvalue weighted by atomic mass is 35.5. The summed E-state index contributed by atoms with van der Waals surface area (Å²) in [6.45, 7) is 9.25. The molecule has 0 radical (unpaired) electrons. The highest BCUT2D eigenvalue weighted by molar-refractivity contribution is 5.85. The molecule has 2 nitrogen and oxygen atoms in total. The zero-order valence-corrected chi connectivity index (χ0v) is 11.5. The third-order valence-electron chi connectivity index (χ3n) is 3.35. The van der Waals surface area contributed by atoms with Crippen LogP contribution >= 0.6 is 12.4 Å². The van der Waals surface area contributed by atoms with Crippen LogP contribution in [0.15, 0.2) is 30.3 Å². The van der Waals surface area contributed by atoms with Gasteiger partial charge in [-0.15, -0.1) is 12.4 Å². The standard InChI is InChI=1S/C14H22N2.ClH/c1-12(14-6-4-3-5-7-14)10-16-9-8-15-13(2)11-16;/h3-7,12-13,15H,8-11H2,1-2H3;1H. The van der Waals surface area contributed by atoms with Gasteiger partial charge in [-0.3, -0.25) is 4.90 Å². The second-order valence-electron chi connectivity index (χ2n) is 4.93. The molecule has 1 aromatic carbocycles. The van der Waals surface area contributed by atoms with E-state index in [1.807, 2.05) is 0 Å². The van der Waals surface area contributed by atoms with Crippen LogP contribution in [0.3, 0.4) is 0 Å². The van der Waals surface area contributed by atoms with Crippen molar-refractivity contribution in [3.8, 4) is 0 Å². The van der Waals surface area contributed by atoms with Crippen LogP contribution in [0.25, 0.3) is 0 Å². The fourth-order valence-electron chi connectivity index (χ4n) is 2.45. The molecule has 0 aromatic heterocycles. The summed E-state index contributed by atoms with van der Waals surface area (Å²) in [6.07, 6.45) is 0. The number of piperazine rings is 1. The van der Waals surface area contributed by atoms with Crippen molar-refractivity contribution in [2.45, 2.75) is 25.8 Å². The molecular formula is C14H23ClN2. The van der Waals surface area contributed by atoms with E-state index >= 15 is 0 Å². The summed E-state index contributed by atoms with van der Waals surface area (Å²) >= 11 is 0. The van der Waals surface area contributed by atoms with Crippen LogP contribution in [-0.2, 0) is 0 Å². The minimum Gasteiger partial charge on any atom is -0.312 e. The van der Waals surface area contributed by atoms with Gasteiger partial charge in [0.1, 0.15) is 0 Å². The average molecular weight is 255 g/mol. The molecule has 0 spiro atoms. The Morgan fingerprint density at radius 3 is 2.71 bits per heavy atom. The van der Waals surface area contributed by atoms with Gasteiger partial charge < -0.3 is 5.32 Å². The van der Waals surface area contributed by atoms with Gasteiger partial charge in [0.05, 0.1) is 0 Å². The maximum atomic E-state index is 3.48. The third kappa shape index (κ3) is 4.30. The quantitative estimate of drug-likeness (QED) is 0.892. The van der Waals surface area contributed by atoms with Gasteiger partial charge in [0.15, 0.2) is 0 Å². The Kier molecular flexibility index (Phi) is 5.96. The second kappa shape index (κ2) is 7.00. The van der Waals surface area contributed by atoms with Gasteiger partial charge in [0.25, 0.3) is 0 Å². The summed E-state index contributed by atoms with van der Waals surface area (Å²) in [5.41, 5.74) is 1.45. The zero-order chi connectivity index (χ0) is 11.4. The molecular weight excluding hydrogens is 232 g/mol. The molecule has 1 aliphatic rings. The highest BCUT2D eigenvalue weighted by Crippen LogP contribution is 2.16. The van der Waals surface area contributed by atoms with Crippen molar-refractivity contribution >= 4 is 12.4 Å². The highest BCUT2D eigenvalue weighted by Gasteiger charge is 2.17. The molecule has 1 N–H and O–H groups in total. The van der Waals surface area contributed by atoms with Crippen LogP contribution < -0.4 is 5.32 Å². The number of rotatable bonds is 3. The van der Waals surface area contributed by atoms with E-state index < -0.39 is 0 Å². The van der Waals surface area contributed by atoms with Gasteiger partial charge in [-0.1, -0.05) is 37.3 Å². The van der Waals surface area contributed by atoms with Gasteiger partial charge in [-0.25, -0.2) is 0 Å². The summed E-state index contributed by atoms with van der Waals surface area (Å²) in [5, 5.41) is 3.48. The lowest BCUT2D eigenvalue weighted by molar-refractivity contribution is 0.199. The Hall–Kier alpha value is -0.570. The summed E-state index contributed by atoms with van der Waals surface area (Å²) in [7, 11) is 0. The number of benzene rings is 1. The van der Waals surface area contributed by atoms with Crippen LogP contribution in [0.4, 0.5) is 0 Å². The SMILES string of the molecule is CC1CN(CC(C)c2ccccc2)CCN1.Cl. The van der Waals surface area contributed by atoms with E-state index in [0.29, 0.717) is 12.0 Å². The molecule has 2 rings (SSSR count). The van der Waals surface area contributed by atoms with Crippen molar-refractivity contribution < 1.29 is 0 Å². The van der Waals surface area contributed by atoms with E-state index in [-0.39, 0.29) is 12.4 Å². The zero-order valence-electron chi connectivity index (χ0n) is 10.7. The molecule has 17 heavy (non-hydrogen) atoms. The minimum absolute atomic E-state index is 0. The molecule has 0 amide bonds. The van der Waals surface area contributed by atoms with E-state index in [0.717, 1.165) is 6.54 Å². The van der Waals surface area contributed by atoms with Crippen molar-refractivity contribution in [2.75, 3.05) is 26.2 Å². The maximum absolute atomic E-state index is 3.48.